The van der Waals surface area contributed by atoms with Gasteiger partial charge in [-0.1, -0.05) is 0 Å². The molecule has 0 aromatic carbocycles. The van der Waals surface area contributed by atoms with Crippen LogP contribution in [0.15, 0.2) is 5.51 Å². The van der Waals surface area contributed by atoms with Crippen LogP contribution in [-0.4, -0.2) is 17.6 Å². The van der Waals surface area contributed by atoms with Crippen LogP contribution < -0.4 is 5.73 Å². The third-order valence-electron chi connectivity index (χ3n) is 1.61. The number of aryl methyl sites for hydroxylation is 1. The van der Waals surface area contributed by atoms with Crippen molar-refractivity contribution in [3.05, 3.63) is 16.1 Å². The summed E-state index contributed by atoms with van der Waals surface area (Å²) in [4.78, 5) is 16.0. The maximum Gasteiger partial charge on any atom is 0.328 e. The van der Waals surface area contributed by atoms with Crippen LogP contribution in [0, 0.1) is 6.92 Å². The minimum absolute atomic E-state index is 0.352. The second-order valence-electron chi connectivity index (χ2n) is 2.53. The lowest BCUT2D eigenvalue weighted by Gasteiger charge is -2.08. The van der Waals surface area contributed by atoms with Gasteiger partial charge in [-0.15, -0.1) is 11.3 Å². The highest BCUT2D eigenvalue weighted by molar-refractivity contribution is 7.10. The van der Waals surface area contributed by atoms with E-state index in [1.165, 1.54) is 11.3 Å². The second kappa shape index (κ2) is 4.34. The Balaban J connectivity index is 2.73. The van der Waals surface area contributed by atoms with Gasteiger partial charge in [0.25, 0.3) is 0 Å². The summed E-state index contributed by atoms with van der Waals surface area (Å²) >= 11 is 1.37. The van der Waals surface area contributed by atoms with E-state index < -0.39 is 12.0 Å². The van der Waals surface area contributed by atoms with Crippen LogP contribution in [0.5, 0.6) is 0 Å². The minimum Gasteiger partial charge on any atom is -0.465 e. The molecule has 1 heterocycles. The average Bonchev–Trinajstić information content (AvgIpc) is 2.50. The largest absolute Gasteiger partial charge is 0.465 e. The Morgan fingerprint density at radius 2 is 2.54 bits per heavy atom. The number of carbonyl (C=O) groups excluding carboxylic acids is 1. The monoisotopic (exact) mass is 200 g/mol. The van der Waals surface area contributed by atoms with E-state index in [-0.39, 0.29) is 0 Å². The van der Waals surface area contributed by atoms with Gasteiger partial charge in [0, 0.05) is 0 Å². The van der Waals surface area contributed by atoms with Crippen molar-refractivity contribution in [3.8, 4) is 0 Å². The van der Waals surface area contributed by atoms with E-state index in [0.29, 0.717) is 6.61 Å². The molecule has 0 saturated heterocycles. The molecule has 0 fully saturated rings. The zero-order valence-electron chi connectivity index (χ0n) is 7.61. The maximum absolute atomic E-state index is 11.2. The molecule has 0 amide bonds. The van der Waals surface area contributed by atoms with E-state index in [1.54, 1.807) is 12.4 Å². The number of aromatic nitrogens is 1. The van der Waals surface area contributed by atoms with Crippen LogP contribution in [0.3, 0.4) is 0 Å². The molecule has 1 aromatic heterocycles. The Labute approximate surface area is 80.7 Å². The molecule has 0 aliphatic carbocycles. The molecule has 0 saturated carbocycles. The van der Waals surface area contributed by atoms with Crippen molar-refractivity contribution in [2.45, 2.75) is 19.9 Å². The van der Waals surface area contributed by atoms with E-state index >= 15 is 0 Å². The third-order valence-corrected chi connectivity index (χ3v) is 2.62. The van der Waals surface area contributed by atoms with Crippen molar-refractivity contribution in [3.63, 3.8) is 0 Å². The standard InChI is InChI=1S/C8H12N2O2S/c1-3-12-8(11)6(9)7-5(2)10-4-13-7/h4,6H,3,9H2,1-2H3. The third kappa shape index (κ3) is 2.26. The zero-order valence-corrected chi connectivity index (χ0v) is 8.43. The van der Waals surface area contributed by atoms with Crippen LogP contribution in [0.1, 0.15) is 23.5 Å². The smallest absolute Gasteiger partial charge is 0.328 e. The van der Waals surface area contributed by atoms with Crippen LogP contribution >= 0.6 is 11.3 Å². The van der Waals surface area contributed by atoms with Gasteiger partial charge in [-0.3, -0.25) is 0 Å². The molecule has 5 heteroatoms. The molecule has 0 bridgehead atoms. The molecule has 2 N–H and O–H groups in total. The number of hydrogen-bond acceptors (Lipinski definition) is 5. The van der Waals surface area contributed by atoms with Gasteiger partial charge in [-0.2, -0.15) is 0 Å². The molecular formula is C8H12N2O2S. The summed E-state index contributed by atoms with van der Waals surface area (Å²) in [5, 5.41) is 0. The number of esters is 1. The Morgan fingerprint density at radius 1 is 1.85 bits per heavy atom. The fourth-order valence-corrected chi connectivity index (χ4v) is 1.74. The van der Waals surface area contributed by atoms with Crippen molar-refractivity contribution < 1.29 is 9.53 Å². The molecule has 1 aromatic rings. The molecule has 1 rings (SSSR count). The molecule has 72 valence electrons. The van der Waals surface area contributed by atoms with Gasteiger partial charge in [0.2, 0.25) is 0 Å². The van der Waals surface area contributed by atoms with Crippen molar-refractivity contribution in [1.82, 2.24) is 4.98 Å². The predicted molar refractivity (Wildman–Crippen MR) is 50.4 cm³/mol. The molecule has 0 aliphatic rings. The molecule has 0 radical (unpaired) electrons. The summed E-state index contributed by atoms with van der Waals surface area (Å²) in [5.41, 5.74) is 8.13. The molecular weight excluding hydrogens is 188 g/mol. The summed E-state index contributed by atoms with van der Waals surface area (Å²) < 4.78 is 4.80. The number of nitrogens with zero attached hydrogens (tertiary/aromatic N) is 1. The number of thiazole rings is 1. The Kier molecular flexibility index (Phi) is 3.39. The van der Waals surface area contributed by atoms with Gasteiger partial charge in [0.15, 0.2) is 0 Å². The fourth-order valence-electron chi connectivity index (χ4n) is 0.949. The quantitative estimate of drug-likeness (QED) is 0.740. The summed E-state index contributed by atoms with van der Waals surface area (Å²) in [6.45, 7) is 3.93. The van der Waals surface area contributed by atoms with Crippen molar-refractivity contribution in [1.29, 1.82) is 0 Å². The average molecular weight is 200 g/mol. The summed E-state index contributed by atoms with van der Waals surface area (Å²) in [6.07, 6.45) is 0. The van der Waals surface area contributed by atoms with Crippen LogP contribution in [0.4, 0.5) is 0 Å². The van der Waals surface area contributed by atoms with Gasteiger partial charge in [0.1, 0.15) is 6.04 Å². The Hall–Kier alpha value is -0.940. The molecule has 1 unspecified atom stereocenters. The van der Waals surface area contributed by atoms with Crippen molar-refractivity contribution >= 4 is 17.3 Å². The lowest BCUT2D eigenvalue weighted by molar-refractivity contribution is -0.144. The predicted octanol–water partition coefficient (Wildman–Crippen LogP) is 1.01. The van der Waals surface area contributed by atoms with E-state index in [1.807, 2.05) is 6.92 Å². The Bertz CT molecular complexity index is 298. The lowest BCUT2D eigenvalue weighted by atomic mass is 10.2. The topological polar surface area (TPSA) is 65.2 Å². The molecule has 4 nitrogen and oxygen atoms in total. The summed E-state index contributed by atoms with van der Waals surface area (Å²) in [7, 11) is 0. The lowest BCUT2D eigenvalue weighted by Crippen LogP contribution is -2.23. The second-order valence-corrected chi connectivity index (χ2v) is 3.42. The van der Waals surface area contributed by atoms with E-state index in [0.717, 1.165) is 10.6 Å². The maximum atomic E-state index is 11.2. The number of ether oxygens (including phenoxy) is 1. The van der Waals surface area contributed by atoms with E-state index in [9.17, 15) is 4.79 Å². The molecule has 0 aliphatic heterocycles. The van der Waals surface area contributed by atoms with Gasteiger partial charge in [-0.05, 0) is 13.8 Å². The number of carbonyl (C=O) groups is 1. The van der Waals surface area contributed by atoms with E-state index in [4.69, 9.17) is 10.5 Å². The van der Waals surface area contributed by atoms with Gasteiger partial charge >= 0.3 is 5.97 Å². The van der Waals surface area contributed by atoms with Gasteiger partial charge < -0.3 is 10.5 Å². The van der Waals surface area contributed by atoms with Crippen LogP contribution in [0.2, 0.25) is 0 Å². The van der Waals surface area contributed by atoms with Crippen molar-refractivity contribution in [2.75, 3.05) is 6.61 Å². The SMILES string of the molecule is CCOC(=O)C(N)c1scnc1C. The molecule has 1 atom stereocenters. The first-order chi connectivity index (χ1) is 6.16. The highest BCUT2D eigenvalue weighted by Crippen LogP contribution is 2.20. The highest BCUT2D eigenvalue weighted by Gasteiger charge is 2.20. The van der Waals surface area contributed by atoms with Gasteiger partial charge in [-0.25, -0.2) is 9.78 Å². The molecule has 0 spiro atoms. The van der Waals surface area contributed by atoms with Crippen molar-refractivity contribution in [2.24, 2.45) is 5.73 Å². The number of hydrogen-bond donors (Lipinski definition) is 1. The summed E-state index contributed by atoms with van der Waals surface area (Å²) in [6, 6.07) is -0.688. The zero-order chi connectivity index (χ0) is 9.84. The molecule has 13 heavy (non-hydrogen) atoms. The Morgan fingerprint density at radius 3 is 3.00 bits per heavy atom. The first-order valence-corrected chi connectivity index (χ1v) is 4.87. The number of rotatable bonds is 3. The summed E-state index contributed by atoms with van der Waals surface area (Å²) in [5.74, 6) is -0.394. The van der Waals surface area contributed by atoms with Crippen LogP contribution in [0.25, 0.3) is 0 Å². The van der Waals surface area contributed by atoms with E-state index in [2.05, 4.69) is 4.98 Å². The minimum atomic E-state index is -0.688. The highest BCUT2D eigenvalue weighted by atomic mass is 32.1. The van der Waals surface area contributed by atoms with Crippen LogP contribution in [-0.2, 0) is 9.53 Å². The number of nitrogens with two attached hydrogens (primary N) is 1. The fraction of sp³-hybridized carbons (Fsp3) is 0.500. The first-order valence-electron chi connectivity index (χ1n) is 3.99. The normalized spacial score (nSPS) is 12.5. The first kappa shape index (κ1) is 10.1. The van der Waals surface area contributed by atoms with Gasteiger partial charge in [0.05, 0.1) is 22.7 Å².